The van der Waals surface area contributed by atoms with Gasteiger partial charge < -0.3 is 14.5 Å². The first-order valence-corrected chi connectivity index (χ1v) is 8.80. The van der Waals surface area contributed by atoms with Crippen LogP contribution in [0, 0.1) is 21.4 Å². The zero-order valence-electron chi connectivity index (χ0n) is 15.5. The maximum absolute atomic E-state index is 12.6. The highest BCUT2D eigenvalue weighted by atomic mass is 16.6. The van der Waals surface area contributed by atoms with Crippen LogP contribution < -0.4 is 4.90 Å². The first kappa shape index (κ1) is 19.3. The number of nitriles is 1. The van der Waals surface area contributed by atoms with Gasteiger partial charge in [0.15, 0.2) is 0 Å². The van der Waals surface area contributed by atoms with E-state index in [0.29, 0.717) is 30.8 Å². The number of carbonyl (C=O) groups excluding carboxylic acids is 1. The van der Waals surface area contributed by atoms with E-state index < -0.39 is 4.92 Å². The molecule has 1 aliphatic heterocycles. The lowest BCUT2D eigenvalue weighted by atomic mass is 10.1. The van der Waals surface area contributed by atoms with Crippen LogP contribution in [0.4, 0.5) is 11.4 Å². The number of anilines is 1. The summed E-state index contributed by atoms with van der Waals surface area (Å²) in [6.07, 6.45) is 0. The fraction of sp³-hybridized carbons (Fsp3) is 0.300. The molecule has 1 heterocycles. The summed E-state index contributed by atoms with van der Waals surface area (Å²) < 4.78 is 5.17. The van der Waals surface area contributed by atoms with Crippen molar-refractivity contribution in [1.82, 2.24) is 4.90 Å². The molecule has 0 aliphatic carbocycles. The van der Waals surface area contributed by atoms with Gasteiger partial charge in [-0.1, -0.05) is 12.1 Å². The van der Waals surface area contributed by atoms with E-state index in [1.165, 1.54) is 19.2 Å². The van der Waals surface area contributed by atoms with Crippen LogP contribution in [0.2, 0.25) is 0 Å². The summed E-state index contributed by atoms with van der Waals surface area (Å²) in [7, 11) is 1.53. The SMILES string of the molecule is COCc1cc([N+](=O)[O-])ccc1N1CCN(Cc2ccc(C#N)cc2)C(=O)C1. The van der Waals surface area contributed by atoms with Crippen molar-refractivity contribution in [2.24, 2.45) is 0 Å². The van der Waals surface area contributed by atoms with Gasteiger partial charge >= 0.3 is 0 Å². The fourth-order valence-electron chi connectivity index (χ4n) is 3.25. The molecule has 0 unspecified atom stereocenters. The Hall–Kier alpha value is -3.44. The summed E-state index contributed by atoms with van der Waals surface area (Å²) in [5, 5.41) is 19.9. The van der Waals surface area contributed by atoms with Gasteiger partial charge in [0.25, 0.3) is 5.69 Å². The Kier molecular flexibility index (Phi) is 5.87. The molecule has 2 aromatic carbocycles. The topological polar surface area (TPSA) is 99.7 Å². The number of rotatable bonds is 6. The highest BCUT2D eigenvalue weighted by Gasteiger charge is 2.26. The first-order chi connectivity index (χ1) is 13.5. The molecule has 8 heteroatoms. The number of carbonyl (C=O) groups is 1. The number of nitro groups is 1. The average molecular weight is 380 g/mol. The van der Waals surface area contributed by atoms with Gasteiger partial charge in [0.2, 0.25) is 5.91 Å². The van der Waals surface area contributed by atoms with Crippen LogP contribution in [-0.2, 0) is 22.7 Å². The summed E-state index contributed by atoms with van der Waals surface area (Å²) in [6, 6.07) is 13.9. The van der Waals surface area contributed by atoms with Crippen molar-refractivity contribution < 1.29 is 14.5 Å². The number of nitro benzene ring substituents is 1. The van der Waals surface area contributed by atoms with Crippen LogP contribution in [0.1, 0.15) is 16.7 Å². The Morgan fingerprint density at radius 2 is 1.96 bits per heavy atom. The van der Waals surface area contributed by atoms with E-state index in [4.69, 9.17) is 10.00 Å². The predicted octanol–water partition coefficient (Wildman–Crippen LogP) is 2.46. The van der Waals surface area contributed by atoms with Gasteiger partial charge in [-0.2, -0.15) is 5.26 Å². The second-order valence-corrected chi connectivity index (χ2v) is 6.55. The van der Waals surface area contributed by atoms with Crippen molar-refractivity contribution in [1.29, 1.82) is 5.26 Å². The summed E-state index contributed by atoms with van der Waals surface area (Å²) >= 11 is 0. The minimum absolute atomic E-state index is 0.00146. The number of methoxy groups -OCH3 is 1. The summed E-state index contributed by atoms with van der Waals surface area (Å²) in [6.45, 7) is 2.09. The second kappa shape index (κ2) is 8.50. The molecule has 144 valence electrons. The molecule has 0 spiro atoms. The lowest BCUT2D eigenvalue weighted by Crippen LogP contribution is -2.50. The highest BCUT2D eigenvalue weighted by molar-refractivity contribution is 5.83. The molecule has 1 aliphatic rings. The summed E-state index contributed by atoms with van der Waals surface area (Å²) in [5.41, 5.74) is 3.02. The van der Waals surface area contributed by atoms with Gasteiger partial charge in [-0.05, 0) is 23.8 Å². The molecular weight excluding hydrogens is 360 g/mol. The van der Waals surface area contributed by atoms with Crippen molar-refractivity contribution in [2.45, 2.75) is 13.2 Å². The van der Waals surface area contributed by atoms with Crippen LogP contribution in [0.5, 0.6) is 0 Å². The minimum Gasteiger partial charge on any atom is -0.380 e. The van der Waals surface area contributed by atoms with E-state index in [0.717, 1.165) is 11.3 Å². The quantitative estimate of drug-likeness (QED) is 0.564. The fourth-order valence-corrected chi connectivity index (χ4v) is 3.25. The molecule has 0 atom stereocenters. The second-order valence-electron chi connectivity index (χ2n) is 6.55. The molecule has 3 rings (SSSR count). The number of amides is 1. The van der Waals surface area contributed by atoms with Crippen molar-refractivity contribution in [3.63, 3.8) is 0 Å². The van der Waals surface area contributed by atoms with Crippen LogP contribution in [0.25, 0.3) is 0 Å². The van der Waals surface area contributed by atoms with E-state index in [2.05, 4.69) is 6.07 Å². The Labute approximate surface area is 162 Å². The molecule has 0 N–H and O–H groups in total. The minimum atomic E-state index is -0.441. The number of benzene rings is 2. The molecule has 0 radical (unpaired) electrons. The molecular formula is C20H20N4O4. The van der Waals surface area contributed by atoms with Crippen molar-refractivity contribution in [3.05, 3.63) is 69.3 Å². The van der Waals surface area contributed by atoms with Gasteiger partial charge in [-0.25, -0.2) is 0 Å². The number of hydrogen-bond acceptors (Lipinski definition) is 6. The number of hydrogen-bond donors (Lipinski definition) is 0. The van der Waals surface area contributed by atoms with E-state index in [-0.39, 0.29) is 24.7 Å². The highest BCUT2D eigenvalue weighted by Crippen LogP contribution is 2.27. The van der Waals surface area contributed by atoms with Gasteiger partial charge in [-0.15, -0.1) is 0 Å². The van der Waals surface area contributed by atoms with Gasteiger partial charge in [0, 0.05) is 50.1 Å². The molecule has 1 amide bonds. The number of nitrogens with zero attached hydrogens (tertiary/aromatic N) is 4. The lowest BCUT2D eigenvalue weighted by molar-refractivity contribution is -0.384. The number of piperazine rings is 1. The molecule has 28 heavy (non-hydrogen) atoms. The molecule has 0 aromatic heterocycles. The maximum atomic E-state index is 12.6. The van der Waals surface area contributed by atoms with Gasteiger partial charge in [0.05, 0.1) is 29.7 Å². The van der Waals surface area contributed by atoms with Crippen LogP contribution in [0.15, 0.2) is 42.5 Å². The Morgan fingerprint density at radius 1 is 1.21 bits per heavy atom. The molecule has 0 saturated carbocycles. The average Bonchev–Trinajstić information content (AvgIpc) is 2.70. The smallest absolute Gasteiger partial charge is 0.269 e. The van der Waals surface area contributed by atoms with E-state index in [9.17, 15) is 14.9 Å². The maximum Gasteiger partial charge on any atom is 0.269 e. The van der Waals surface area contributed by atoms with Gasteiger partial charge in [-0.3, -0.25) is 14.9 Å². The standard InChI is InChI=1S/C20H20N4O4/c1-28-14-17-10-18(24(26)27)6-7-19(17)22-8-9-23(20(25)13-22)12-16-4-2-15(11-21)3-5-16/h2-7,10H,8-9,12-14H2,1H3. The largest absolute Gasteiger partial charge is 0.380 e. The third-order valence-corrected chi connectivity index (χ3v) is 4.69. The summed E-state index contributed by atoms with van der Waals surface area (Å²) in [4.78, 5) is 26.9. The van der Waals surface area contributed by atoms with E-state index in [1.54, 1.807) is 23.1 Å². The van der Waals surface area contributed by atoms with Crippen molar-refractivity contribution in [3.8, 4) is 6.07 Å². The summed E-state index contributed by atoms with van der Waals surface area (Å²) in [5.74, 6) is -0.0164. The third-order valence-electron chi connectivity index (χ3n) is 4.69. The Morgan fingerprint density at radius 3 is 2.57 bits per heavy atom. The molecule has 8 nitrogen and oxygen atoms in total. The monoisotopic (exact) mass is 380 g/mol. The van der Waals surface area contributed by atoms with E-state index in [1.807, 2.05) is 17.0 Å². The molecule has 0 bridgehead atoms. The number of ether oxygens (including phenoxy) is 1. The molecule has 1 saturated heterocycles. The van der Waals surface area contributed by atoms with Crippen LogP contribution in [-0.4, -0.2) is 42.5 Å². The van der Waals surface area contributed by atoms with Crippen molar-refractivity contribution >= 4 is 17.3 Å². The zero-order chi connectivity index (χ0) is 20.1. The predicted molar refractivity (Wildman–Crippen MR) is 103 cm³/mol. The Balaban J connectivity index is 1.71. The Bertz CT molecular complexity index is 921. The molecule has 1 fully saturated rings. The van der Waals surface area contributed by atoms with Crippen LogP contribution in [0.3, 0.4) is 0 Å². The van der Waals surface area contributed by atoms with Crippen LogP contribution >= 0.6 is 0 Å². The van der Waals surface area contributed by atoms with Gasteiger partial charge in [0.1, 0.15) is 0 Å². The lowest BCUT2D eigenvalue weighted by Gasteiger charge is -2.36. The zero-order valence-corrected chi connectivity index (χ0v) is 15.5. The first-order valence-electron chi connectivity index (χ1n) is 8.80. The molecule has 2 aromatic rings. The number of non-ortho nitro benzene ring substituents is 1. The normalized spacial score (nSPS) is 14.1. The van der Waals surface area contributed by atoms with E-state index >= 15 is 0 Å². The third kappa shape index (κ3) is 4.27. The van der Waals surface area contributed by atoms with Crippen molar-refractivity contribution in [2.75, 3.05) is 31.6 Å².